The van der Waals surface area contributed by atoms with Crippen molar-refractivity contribution < 1.29 is 4.79 Å². The van der Waals surface area contributed by atoms with E-state index in [0.29, 0.717) is 31.3 Å². The van der Waals surface area contributed by atoms with Crippen molar-refractivity contribution in [2.45, 2.75) is 26.8 Å². The number of pyridine rings is 1. The van der Waals surface area contributed by atoms with Gasteiger partial charge in [-0.05, 0) is 37.4 Å². The molecule has 2 aromatic rings. The molecule has 8 heteroatoms. The normalized spacial score (nSPS) is 10.7. The Morgan fingerprint density at radius 2 is 2.08 bits per heavy atom. The Morgan fingerprint density at radius 1 is 1.24 bits per heavy atom. The Bertz CT molecular complexity index is 675. The standard InChI is InChI=1S/C17H23N5OS.HI/c1-3-18-17(20-12-14-7-5-11-24-14)19-10-9-16(23)22-15-8-4-6-13(2)21-15;/h4-8,11H,3,9-10,12H2,1-2H3,(H2,18,19,20)(H,21,22,23);1H. The number of hydrogen-bond donors (Lipinski definition) is 3. The predicted octanol–water partition coefficient (Wildman–Crippen LogP) is 3.15. The lowest BCUT2D eigenvalue weighted by Gasteiger charge is -2.11. The van der Waals surface area contributed by atoms with E-state index in [9.17, 15) is 4.79 Å². The second-order valence-electron chi connectivity index (χ2n) is 5.16. The zero-order valence-electron chi connectivity index (χ0n) is 14.4. The van der Waals surface area contributed by atoms with Crippen molar-refractivity contribution in [3.05, 3.63) is 46.3 Å². The van der Waals surface area contributed by atoms with Gasteiger partial charge in [0.15, 0.2) is 5.96 Å². The molecule has 0 aliphatic rings. The molecule has 0 saturated heterocycles. The van der Waals surface area contributed by atoms with Gasteiger partial charge >= 0.3 is 0 Å². The number of carbonyl (C=O) groups excluding carboxylic acids is 1. The maximum absolute atomic E-state index is 12.0. The van der Waals surface area contributed by atoms with Crippen LogP contribution in [0, 0.1) is 6.92 Å². The van der Waals surface area contributed by atoms with E-state index < -0.39 is 0 Å². The number of amides is 1. The van der Waals surface area contributed by atoms with Gasteiger partial charge < -0.3 is 16.0 Å². The Labute approximate surface area is 169 Å². The average Bonchev–Trinajstić information content (AvgIpc) is 3.06. The number of carbonyl (C=O) groups is 1. The summed E-state index contributed by atoms with van der Waals surface area (Å²) in [5, 5.41) is 11.2. The molecule has 0 radical (unpaired) electrons. The Kier molecular flexibility index (Phi) is 10.1. The highest BCUT2D eigenvalue weighted by atomic mass is 127. The third kappa shape index (κ3) is 8.30. The molecule has 2 rings (SSSR count). The molecule has 0 aliphatic heterocycles. The van der Waals surface area contributed by atoms with Crippen LogP contribution in [-0.4, -0.2) is 29.9 Å². The van der Waals surface area contributed by atoms with E-state index in [1.165, 1.54) is 4.88 Å². The lowest BCUT2D eigenvalue weighted by molar-refractivity contribution is -0.116. The van der Waals surface area contributed by atoms with Crippen molar-refractivity contribution in [2.24, 2.45) is 4.99 Å². The number of aryl methyl sites for hydroxylation is 1. The zero-order valence-corrected chi connectivity index (χ0v) is 17.6. The maximum Gasteiger partial charge on any atom is 0.227 e. The summed E-state index contributed by atoms with van der Waals surface area (Å²) in [5.41, 5.74) is 0.876. The molecule has 1 amide bonds. The van der Waals surface area contributed by atoms with Gasteiger partial charge in [-0.15, -0.1) is 35.3 Å². The number of nitrogens with one attached hydrogen (secondary N) is 3. The summed E-state index contributed by atoms with van der Waals surface area (Å²) in [6.45, 7) is 5.82. The fourth-order valence-corrected chi connectivity index (χ4v) is 2.64. The minimum absolute atomic E-state index is 0. The van der Waals surface area contributed by atoms with Crippen LogP contribution < -0.4 is 16.0 Å². The largest absolute Gasteiger partial charge is 0.357 e. The summed E-state index contributed by atoms with van der Waals surface area (Å²) in [6.07, 6.45) is 0.346. The van der Waals surface area contributed by atoms with Crippen LogP contribution >= 0.6 is 35.3 Å². The molecule has 0 aliphatic carbocycles. The van der Waals surface area contributed by atoms with E-state index in [-0.39, 0.29) is 29.9 Å². The summed E-state index contributed by atoms with van der Waals surface area (Å²) < 4.78 is 0. The van der Waals surface area contributed by atoms with Crippen molar-refractivity contribution in [3.63, 3.8) is 0 Å². The molecule has 3 N–H and O–H groups in total. The molecule has 2 aromatic heterocycles. The third-order valence-electron chi connectivity index (χ3n) is 3.12. The minimum atomic E-state index is -0.0743. The second-order valence-corrected chi connectivity index (χ2v) is 6.20. The summed E-state index contributed by atoms with van der Waals surface area (Å²) >= 11 is 1.68. The van der Waals surface area contributed by atoms with Crippen molar-refractivity contribution in [2.75, 3.05) is 18.4 Å². The topological polar surface area (TPSA) is 78.4 Å². The van der Waals surface area contributed by atoms with E-state index >= 15 is 0 Å². The van der Waals surface area contributed by atoms with Gasteiger partial charge in [-0.3, -0.25) is 4.79 Å². The highest BCUT2D eigenvalue weighted by Gasteiger charge is 2.04. The lowest BCUT2D eigenvalue weighted by Crippen LogP contribution is -2.38. The summed E-state index contributed by atoms with van der Waals surface area (Å²) in [7, 11) is 0. The Hall–Kier alpha value is -1.68. The van der Waals surface area contributed by atoms with Gasteiger partial charge in [0.2, 0.25) is 5.91 Å². The number of halogens is 1. The highest BCUT2D eigenvalue weighted by Crippen LogP contribution is 2.09. The van der Waals surface area contributed by atoms with E-state index in [4.69, 9.17) is 0 Å². The number of guanidine groups is 1. The van der Waals surface area contributed by atoms with Gasteiger partial charge in [-0.2, -0.15) is 0 Å². The highest BCUT2D eigenvalue weighted by molar-refractivity contribution is 14.0. The first kappa shape index (κ1) is 21.4. The number of hydrogen-bond acceptors (Lipinski definition) is 4. The maximum atomic E-state index is 12.0. The summed E-state index contributed by atoms with van der Waals surface area (Å²) in [4.78, 5) is 21.9. The SMILES string of the molecule is CCNC(=NCc1cccs1)NCCC(=O)Nc1cccc(C)n1.I. The summed E-state index contributed by atoms with van der Waals surface area (Å²) in [5.74, 6) is 1.22. The lowest BCUT2D eigenvalue weighted by atomic mass is 10.3. The van der Waals surface area contributed by atoms with Crippen LogP contribution in [0.15, 0.2) is 40.7 Å². The first-order valence-corrected chi connectivity index (χ1v) is 8.83. The Balaban J connectivity index is 0.00000312. The second kappa shape index (κ2) is 11.8. The first-order valence-electron chi connectivity index (χ1n) is 7.95. The van der Waals surface area contributed by atoms with Gasteiger partial charge in [-0.1, -0.05) is 12.1 Å². The third-order valence-corrected chi connectivity index (χ3v) is 3.98. The zero-order chi connectivity index (χ0) is 17.2. The van der Waals surface area contributed by atoms with Gasteiger partial charge in [0.1, 0.15) is 5.82 Å². The van der Waals surface area contributed by atoms with Gasteiger partial charge in [0, 0.05) is 30.1 Å². The smallest absolute Gasteiger partial charge is 0.227 e. The minimum Gasteiger partial charge on any atom is -0.357 e. The molecular weight excluding hydrogens is 449 g/mol. The monoisotopic (exact) mass is 473 g/mol. The number of nitrogens with zero attached hydrogens (tertiary/aromatic N) is 2. The molecule has 0 bridgehead atoms. The number of anilines is 1. The van der Waals surface area contributed by atoms with Crippen LogP contribution in [0.3, 0.4) is 0 Å². The molecule has 0 spiro atoms. The summed E-state index contributed by atoms with van der Waals surface area (Å²) in [6, 6.07) is 9.62. The van der Waals surface area contributed by atoms with Crippen LogP contribution in [0.4, 0.5) is 5.82 Å². The van der Waals surface area contributed by atoms with Crippen LogP contribution in [0.2, 0.25) is 0 Å². The van der Waals surface area contributed by atoms with Crippen molar-refractivity contribution in [1.82, 2.24) is 15.6 Å². The molecule has 25 heavy (non-hydrogen) atoms. The first-order chi connectivity index (χ1) is 11.7. The fraction of sp³-hybridized carbons (Fsp3) is 0.353. The van der Waals surface area contributed by atoms with E-state index in [1.807, 2.05) is 37.4 Å². The van der Waals surface area contributed by atoms with Gasteiger partial charge in [-0.25, -0.2) is 9.98 Å². The van der Waals surface area contributed by atoms with E-state index in [0.717, 1.165) is 12.2 Å². The molecule has 0 aromatic carbocycles. The van der Waals surface area contributed by atoms with Crippen LogP contribution in [0.25, 0.3) is 0 Å². The average molecular weight is 473 g/mol. The molecule has 0 unspecified atom stereocenters. The van der Waals surface area contributed by atoms with Crippen molar-refractivity contribution in [3.8, 4) is 0 Å². The molecule has 0 saturated carbocycles. The van der Waals surface area contributed by atoms with Crippen LogP contribution in [0.5, 0.6) is 0 Å². The number of aliphatic imine (C=N–C) groups is 1. The van der Waals surface area contributed by atoms with Gasteiger partial charge in [0.25, 0.3) is 0 Å². The number of aromatic nitrogens is 1. The van der Waals surface area contributed by atoms with E-state index in [2.05, 4.69) is 32.0 Å². The fourth-order valence-electron chi connectivity index (χ4n) is 2.01. The van der Waals surface area contributed by atoms with Crippen LogP contribution in [0.1, 0.15) is 23.9 Å². The molecular formula is C17H24IN5OS. The van der Waals surface area contributed by atoms with Gasteiger partial charge in [0.05, 0.1) is 6.54 Å². The Morgan fingerprint density at radius 3 is 2.76 bits per heavy atom. The molecule has 6 nitrogen and oxygen atoms in total. The quantitative estimate of drug-likeness (QED) is 0.328. The van der Waals surface area contributed by atoms with E-state index in [1.54, 1.807) is 17.4 Å². The molecule has 0 atom stereocenters. The molecule has 2 heterocycles. The number of rotatable bonds is 7. The van der Waals surface area contributed by atoms with Crippen LogP contribution in [-0.2, 0) is 11.3 Å². The predicted molar refractivity (Wildman–Crippen MR) is 115 cm³/mol. The van der Waals surface area contributed by atoms with Crippen molar-refractivity contribution in [1.29, 1.82) is 0 Å². The molecule has 0 fully saturated rings. The van der Waals surface area contributed by atoms with Crippen molar-refractivity contribution >= 4 is 53.0 Å². The molecule has 136 valence electrons. The number of thiophene rings is 1.